The molecule has 2 aromatic heterocycles. The zero-order chi connectivity index (χ0) is 15.0. The highest BCUT2D eigenvalue weighted by atomic mass is 79.9. The van der Waals surface area contributed by atoms with Crippen molar-refractivity contribution in [2.45, 2.75) is 38.9 Å². The zero-order valence-corrected chi connectivity index (χ0v) is 13.9. The van der Waals surface area contributed by atoms with Gasteiger partial charge in [0.2, 0.25) is 0 Å². The van der Waals surface area contributed by atoms with Crippen LogP contribution >= 0.6 is 15.9 Å². The number of carbonyl (C=O) groups is 1. The molecule has 1 amide bonds. The summed E-state index contributed by atoms with van der Waals surface area (Å²) in [5.74, 6) is 1.01. The molecule has 3 rings (SSSR count). The van der Waals surface area contributed by atoms with E-state index in [2.05, 4.69) is 20.9 Å². The van der Waals surface area contributed by atoms with E-state index in [1.807, 2.05) is 46.5 Å². The third kappa shape index (κ3) is 2.90. The summed E-state index contributed by atoms with van der Waals surface area (Å²) >= 11 is 3.46. The monoisotopic (exact) mass is 350 g/mol. The predicted molar refractivity (Wildman–Crippen MR) is 83.9 cm³/mol. The van der Waals surface area contributed by atoms with Crippen LogP contribution < -0.4 is 0 Å². The van der Waals surface area contributed by atoms with E-state index in [-0.39, 0.29) is 5.91 Å². The second kappa shape index (κ2) is 5.67. The van der Waals surface area contributed by atoms with Gasteiger partial charge in [-0.2, -0.15) is 0 Å². The molecule has 0 bridgehead atoms. The first-order valence-electron chi connectivity index (χ1n) is 7.23. The fourth-order valence-corrected chi connectivity index (χ4v) is 2.98. The van der Waals surface area contributed by atoms with Gasteiger partial charge in [0.15, 0.2) is 0 Å². The number of amides is 1. The Hall–Kier alpha value is -1.56. The number of hydrogen-bond donors (Lipinski definition) is 0. The lowest BCUT2D eigenvalue weighted by atomic mass is 10.3. The van der Waals surface area contributed by atoms with Crippen molar-refractivity contribution in [2.24, 2.45) is 7.05 Å². The number of carbonyl (C=O) groups excluding carboxylic acids is 1. The van der Waals surface area contributed by atoms with Gasteiger partial charge in [-0.05, 0) is 41.8 Å². The number of hydrogen-bond acceptors (Lipinski definition) is 2. The third-order valence-electron chi connectivity index (χ3n) is 3.90. The van der Waals surface area contributed by atoms with Crippen LogP contribution in [0.3, 0.4) is 0 Å². The first-order valence-corrected chi connectivity index (χ1v) is 8.02. The molecule has 21 heavy (non-hydrogen) atoms. The van der Waals surface area contributed by atoms with Crippen LogP contribution in [0, 0.1) is 0 Å². The topological polar surface area (TPSA) is 43.1 Å². The zero-order valence-electron chi connectivity index (χ0n) is 12.3. The number of halogens is 1. The Morgan fingerprint density at radius 3 is 2.86 bits per heavy atom. The lowest BCUT2D eigenvalue weighted by molar-refractivity contribution is 0.0713. The third-order valence-corrected chi connectivity index (χ3v) is 4.34. The summed E-state index contributed by atoms with van der Waals surface area (Å²) in [6.45, 7) is 3.40. The maximum Gasteiger partial charge on any atom is 0.271 e. The molecular formula is C15H19BrN4O. The van der Waals surface area contributed by atoms with Crippen molar-refractivity contribution in [3.63, 3.8) is 0 Å². The van der Waals surface area contributed by atoms with Crippen LogP contribution in [0.5, 0.6) is 0 Å². The molecule has 0 radical (unpaired) electrons. The SMILES string of the molecule is CCn1cc(Br)cc1C(=O)N(Cc1nccn1C)C1CC1. The van der Waals surface area contributed by atoms with Gasteiger partial charge in [0.25, 0.3) is 5.91 Å². The number of rotatable bonds is 5. The van der Waals surface area contributed by atoms with Gasteiger partial charge in [-0.25, -0.2) is 4.98 Å². The molecule has 0 saturated heterocycles. The van der Waals surface area contributed by atoms with Crippen LogP contribution in [0.25, 0.3) is 0 Å². The van der Waals surface area contributed by atoms with Gasteiger partial charge in [0.05, 0.1) is 6.54 Å². The predicted octanol–water partition coefficient (Wildman–Crippen LogP) is 2.81. The molecule has 0 aliphatic heterocycles. The van der Waals surface area contributed by atoms with E-state index in [0.29, 0.717) is 12.6 Å². The van der Waals surface area contributed by atoms with Gasteiger partial charge in [-0.3, -0.25) is 4.79 Å². The second-order valence-electron chi connectivity index (χ2n) is 5.45. The van der Waals surface area contributed by atoms with Gasteiger partial charge < -0.3 is 14.0 Å². The van der Waals surface area contributed by atoms with E-state index in [0.717, 1.165) is 35.4 Å². The first kappa shape index (κ1) is 14.4. The average molecular weight is 351 g/mol. The van der Waals surface area contributed by atoms with E-state index in [1.165, 1.54) is 0 Å². The molecule has 1 aliphatic carbocycles. The van der Waals surface area contributed by atoms with E-state index in [4.69, 9.17) is 0 Å². The van der Waals surface area contributed by atoms with E-state index >= 15 is 0 Å². The van der Waals surface area contributed by atoms with Crippen LogP contribution in [0.4, 0.5) is 0 Å². The van der Waals surface area contributed by atoms with Crippen LogP contribution in [0.1, 0.15) is 36.1 Å². The Morgan fingerprint density at radius 2 is 2.29 bits per heavy atom. The molecular weight excluding hydrogens is 332 g/mol. The Kier molecular flexibility index (Phi) is 3.89. The maximum absolute atomic E-state index is 12.9. The van der Waals surface area contributed by atoms with E-state index < -0.39 is 0 Å². The van der Waals surface area contributed by atoms with E-state index in [9.17, 15) is 4.79 Å². The fraction of sp³-hybridized carbons (Fsp3) is 0.467. The molecule has 0 spiro atoms. The van der Waals surface area contributed by atoms with Gasteiger partial charge in [-0.15, -0.1) is 0 Å². The van der Waals surface area contributed by atoms with Crippen LogP contribution in [0.2, 0.25) is 0 Å². The Bertz CT molecular complexity index is 656. The summed E-state index contributed by atoms with van der Waals surface area (Å²) in [5, 5.41) is 0. The minimum absolute atomic E-state index is 0.0908. The van der Waals surface area contributed by atoms with Crippen LogP contribution in [0.15, 0.2) is 29.1 Å². The summed E-state index contributed by atoms with van der Waals surface area (Å²) in [6, 6.07) is 2.26. The molecule has 1 saturated carbocycles. The second-order valence-corrected chi connectivity index (χ2v) is 6.36. The van der Waals surface area contributed by atoms with Crippen molar-refractivity contribution < 1.29 is 4.79 Å². The largest absolute Gasteiger partial charge is 0.343 e. The van der Waals surface area contributed by atoms with Crippen molar-refractivity contribution in [3.05, 3.63) is 40.6 Å². The lowest BCUT2D eigenvalue weighted by Gasteiger charge is -2.22. The minimum atomic E-state index is 0.0908. The number of imidazole rings is 1. The highest BCUT2D eigenvalue weighted by Gasteiger charge is 2.34. The maximum atomic E-state index is 12.9. The number of aryl methyl sites for hydroxylation is 2. The van der Waals surface area contributed by atoms with Crippen molar-refractivity contribution in [1.82, 2.24) is 19.0 Å². The normalized spacial score (nSPS) is 14.4. The minimum Gasteiger partial charge on any atom is -0.343 e. The quantitative estimate of drug-likeness (QED) is 0.831. The van der Waals surface area contributed by atoms with Crippen molar-refractivity contribution in [3.8, 4) is 0 Å². The van der Waals surface area contributed by atoms with Gasteiger partial charge in [0.1, 0.15) is 11.5 Å². The highest BCUT2D eigenvalue weighted by Crippen LogP contribution is 2.30. The van der Waals surface area contributed by atoms with Crippen molar-refractivity contribution >= 4 is 21.8 Å². The van der Waals surface area contributed by atoms with Crippen molar-refractivity contribution in [1.29, 1.82) is 0 Å². The Morgan fingerprint density at radius 1 is 1.52 bits per heavy atom. The van der Waals surface area contributed by atoms with Crippen LogP contribution in [-0.4, -0.2) is 31.0 Å². The van der Waals surface area contributed by atoms with E-state index in [1.54, 1.807) is 6.20 Å². The lowest BCUT2D eigenvalue weighted by Crippen LogP contribution is -2.34. The standard InChI is InChI=1S/C15H19BrN4O/c1-3-19-9-11(16)8-13(19)15(21)20(12-4-5-12)10-14-17-6-7-18(14)2/h6-9,12H,3-5,10H2,1-2H3. The molecule has 0 aromatic carbocycles. The molecule has 112 valence electrons. The molecule has 5 nitrogen and oxygen atoms in total. The molecule has 2 heterocycles. The fourth-order valence-electron chi connectivity index (χ4n) is 2.52. The average Bonchev–Trinajstić information content (AvgIpc) is 3.12. The summed E-state index contributed by atoms with van der Waals surface area (Å²) < 4.78 is 4.90. The van der Waals surface area contributed by atoms with Gasteiger partial charge in [0, 0.05) is 42.7 Å². The number of nitrogens with zero attached hydrogens (tertiary/aromatic N) is 4. The molecule has 1 aliphatic rings. The first-order chi connectivity index (χ1) is 10.1. The molecule has 0 atom stereocenters. The number of aromatic nitrogens is 3. The highest BCUT2D eigenvalue weighted by molar-refractivity contribution is 9.10. The summed E-state index contributed by atoms with van der Waals surface area (Å²) in [5.41, 5.74) is 0.741. The molecule has 1 fully saturated rings. The van der Waals surface area contributed by atoms with Crippen LogP contribution in [-0.2, 0) is 20.1 Å². The smallest absolute Gasteiger partial charge is 0.271 e. The molecule has 0 N–H and O–H groups in total. The van der Waals surface area contributed by atoms with Gasteiger partial charge >= 0.3 is 0 Å². The summed E-state index contributed by atoms with van der Waals surface area (Å²) in [4.78, 5) is 19.2. The summed E-state index contributed by atoms with van der Waals surface area (Å²) in [6.07, 6.45) is 7.82. The molecule has 2 aromatic rings. The summed E-state index contributed by atoms with van der Waals surface area (Å²) in [7, 11) is 1.96. The Balaban J connectivity index is 1.87. The molecule has 0 unspecified atom stereocenters. The van der Waals surface area contributed by atoms with Gasteiger partial charge in [-0.1, -0.05) is 0 Å². The van der Waals surface area contributed by atoms with Crippen molar-refractivity contribution in [2.75, 3.05) is 0 Å². The Labute approximate surface area is 132 Å². The molecule has 6 heteroatoms.